The van der Waals surface area contributed by atoms with Crippen LogP contribution in [-0.2, 0) is 10.2 Å². The van der Waals surface area contributed by atoms with E-state index in [9.17, 15) is 13.2 Å². The standard InChI is InChI=1S/C23H27N7O4S/c1-14(2)21-26-10-11-30(21)18-12-15(8-9-25-18)22(31)27-23(3,4)13-34-17-7-5-6-16-19(17)20(24)29-35(32,33)28-16/h5-12,14,28H,13H2,1-4H3,(H2,24,29)(H,27,31). The van der Waals surface area contributed by atoms with Crippen LogP contribution in [0.15, 0.2) is 53.3 Å². The van der Waals surface area contributed by atoms with E-state index in [0.29, 0.717) is 22.7 Å². The number of carbonyl (C=O) groups excluding carboxylic acids is 1. The molecule has 0 unspecified atom stereocenters. The van der Waals surface area contributed by atoms with E-state index >= 15 is 0 Å². The van der Waals surface area contributed by atoms with Crippen LogP contribution in [0.25, 0.3) is 5.82 Å². The van der Waals surface area contributed by atoms with E-state index in [1.807, 2.05) is 38.5 Å². The fraction of sp³-hybridized carbons (Fsp3) is 0.304. The summed E-state index contributed by atoms with van der Waals surface area (Å²) < 4.78 is 37.2. The van der Waals surface area contributed by atoms with Crippen molar-refractivity contribution in [2.24, 2.45) is 10.1 Å². The Hall–Kier alpha value is -3.93. The molecule has 0 aliphatic carbocycles. The Morgan fingerprint density at radius 2 is 2.00 bits per heavy atom. The Morgan fingerprint density at radius 3 is 2.74 bits per heavy atom. The second-order valence-corrected chi connectivity index (χ2v) is 10.4. The van der Waals surface area contributed by atoms with E-state index < -0.39 is 15.7 Å². The molecule has 1 amide bonds. The number of amides is 1. The van der Waals surface area contributed by atoms with Crippen LogP contribution in [0.1, 0.15) is 55.4 Å². The molecule has 1 aliphatic heterocycles. The Balaban J connectivity index is 1.48. The lowest BCUT2D eigenvalue weighted by atomic mass is 10.1. The molecule has 4 rings (SSSR count). The molecule has 0 spiro atoms. The van der Waals surface area contributed by atoms with E-state index in [-0.39, 0.29) is 30.0 Å². The van der Waals surface area contributed by atoms with Crippen molar-refractivity contribution in [3.05, 3.63) is 65.9 Å². The minimum absolute atomic E-state index is 0.0895. The van der Waals surface area contributed by atoms with Crippen molar-refractivity contribution < 1.29 is 17.9 Å². The number of hydrogen-bond donors (Lipinski definition) is 3. The third kappa shape index (κ3) is 5.27. The number of nitrogens with zero attached hydrogens (tertiary/aromatic N) is 4. The number of carbonyl (C=O) groups is 1. The molecule has 184 valence electrons. The maximum atomic E-state index is 13.0. The maximum absolute atomic E-state index is 13.0. The summed E-state index contributed by atoms with van der Waals surface area (Å²) in [5.41, 5.74) is 6.16. The highest BCUT2D eigenvalue weighted by Crippen LogP contribution is 2.31. The van der Waals surface area contributed by atoms with Gasteiger partial charge in [0.2, 0.25) is 0 Å². The van der Waals surface area contributed by atoms with Gasteiger partial charge in [-0.2, -0.15) is 8.42 Å². The first kappa shape index (κ1) is 24.2. The zero-order chi connectivity index (χ0) is 25.4. The number of aromatic nitrogens is 3. The summed E-state index contributed by atoms with van der Waals surface area (Å²) in [7, 11) is -3.89. The van der Waals surface area contributed by atoms with Crippen LogP contribution in [0.2, 0.25) is 0 Å². The van der Waals surface area contributed by atoms with Gasteiger partial charge < -0.3 is 15.8 Å². The molecule has 0 saturated heterocycles. The molecule has 0 saturated carbocycles. The average molecular weight is 498 g/mol. The van der Waals surface area contributed by atoms with E-state index in [2.05, 4.69) is 24.4 Å². The predicted molar refractivity (Wildman–Crippen MR) is 132 cm³/mol. The fourth-order valence-corrected chi connectivity index (χ4v) is 4.48. The van der Waals surface area contributed by atoms with E-state index in [0.717, 1.165) is 5.82 Å². The van der Waals surface area contributed by atoms with Crippen molar-refractivity contribution in [1.82, 2.24) is 19.9 Å². The van der Waals surface area contributed by atoms with Crippen LogP contribution >= 0.6 is 0 Å². The second kappa shape index (κ2) is 9.02. The number of benzene rings is 1. The van der Waals surface area contributed by atoms with E-state index in [1.54, 1.807) is 42.7 Å². The van der Waals surface area contributed by atoms with E-state index in [4.69, 9.17) is 10.5 Å². The Bertz CT molecular complexity index is 1410. The van der Waals surface area contributed by atoms with Gasteiger partial charge in [-0.1, -0.05) is 19.9 Å². The number of fused-ring (bicyclic) bond motifs is 1. The summed E-state index contributed by atoms with van der Waals surface area (Å²) in [5.74, 6) is 1.53. The maximum Gasteiger partial charge on any atom is 0.344 e. The lowest BCUT2D eigenvalue weighted by Crippen LogP contribution is -2.48. The van der Waals surface area contributed by atoms with Crippen molar-refractivity contribution in [2.75, 3.05) is 11.3 Å². The number of anilines is 1. The number of imidazole rings is 1. The van der Waals surface area contributed by atoms with Gasteiger partial charge in [-0.25, -0.2) is 9.97 Å². The van der Waals surface area contributed by atoms with Crippen LogP contribution < -0.4 is 20.5 Å². The molecule has 1 aliphatic rings. The summed E-state index contributed by atoms with van der Waals surface area (Å²) in [6.45, 7) is 7.79. The number of pyridine rings is 1. The molecule has 3 heterocycles. The normalized spacial score (nSPS) is 14.6. The van der Waals surface area contributed by atoms with Gasteiger partial charge in [-0.3, -0.25) is 14.1 Å². The number of nitrogens with one attached hydrogen (secondary N) is 2. The summed E-state index contributed by atoms with van der Waals surface area (Å²) in [4.78, 5) is 21.8. The van der Waals surface area contributed by atoms with Crippen LogP contribution in [0.5, 0.6) is 5.75 Å². The lowest BCUT2D eigenvalue weighted by molar-refractivity contribution is 0.0880. The molecule has 0 bridgehead atoms. The molecule has 0 fully saturated rings. The van der Waals surface area contributed by atoms with Gasteiger partial charge >= 0.3 is 10.2 Å². The fourth-order valence-electron chi connectivity index (χ4n) is 3.64. The Kier molecular flexibility index (Phi) is 6.24. The van der Waals surface area contributed by atoms with Gasteiger partial charge in [0.15, 0.2) is 5.84 Å². The van der Waals surface area contributed by atoms with Crippen LogP contribution in [0.3, 0.4) is 0 Å². The quantitative estimate of drug-likeness (QED) is 0.453. The molecule has 35 heavy (non-hydrogen) atoms. The first-order valence-electron chi connectivity index (χ1n) is 10.9. The molecule has 12 heteroatoms. The summed E-state index contributed by atoms with van der Waals surface area (Å²) >= 11 is 0. The van der Waals surface area contributed by atoms with Crippen LogP contribution in [0, 0.1) is 0 Å². The molecule has 2 aromatic heterocycles. The summed E-state index contributed by atoms with van der Waals surface area (Å²) in [5, 5.41) is 2.97. The third-order valence-corrected chi connectivity index (χ3v) is 6.14. The summed E-state index contributed by atoms with van der Waals surface area (Å²) in [6, 6.07) is 8.21. The van der Waals surface area contributed by atoms with Crippen molar-refractivity contribution in [2.45, 2.75) is 39.2 Å². The summed E-state index contributed by atoms with van der Waals surface area (Å²) in [6.07, 6.45) is 5.10. The monoisotopic (exact) mass is 497 g/mol. The molecule has 3 aromatic rings. The first-order valence-corrected chi connectivity index (χ1v) is 12.4. The van der Waals surface area contributed by atoms with Gasteiger partial charge in [0.25, 0.3) is 5.91 Å². The van der Waals surface area contributed by atoms with Crippen molar-refractivity contribution in [3.63, 3.8) is 0 Å². The minimum Gasteiger partial charge on any atom is -0.490 e. The molecule has 0 radical (unpaired) electrons. The molecule has 11 nitrogen and oxygen atoms in total. The smallest absolute Gasteiger partial charge is 0.344 e. The molecule has 4 N–H and O–H groups in total. The highest BCUT2D eigenvalue weighted by molar-refractivity contribution is 7.91. The lowest BCUT2D eigenvalue weighted by Gasteiger charge is -2.27. The Labute approximate surface area is 203 Å². The van der Waals surface area contributed by atoms with E-state index in [1.165, 1.54) is 0 Å². The highest BCUT2D eigenvalue weighted by Gasteiger charge is 2.27. The largest absolute Gasteiger partial charge is 0.490 e. The number of rotatable bonds is 7. The number of ether oxygens (including phenoxy) is 1. The van der Waals surface area contributed by atoms with Gasteiger partial charge in [0.1, 0.15) is 24.0 Å². The SMILES string of the molecule is CC(C)c1nccn1-c1cc(C(=O)NC(C)(C)COc2cccc3c2C(N)=NS(=O)(=O)N3)ccn1. The Morgan fingerprint density at radius 1 is 1.23 bits per heavy atom. The first-order chi connectivity index (χ1) is 16.5. The molecular formula is C23H27N7O4S. The molecule has 0 atom stereocenters. The zero-order valence-electron chi connectivity index (χ0n) is 19.8. The van der Waals surface area contributed by atoms with Gasteiger partial charge in [0.05, 0.1) is 16.8 Å². The van der Waals surface area contributed by atoms with Crippen molar-refractivity contribution in [3.8, 4) is 11.6 Å². The van der Waals surface area contributed by atoms with Crippen molar-refractivity contribution in [1.29, 1.82) is 0 Å². The number of hydrogen-bond acceptors (Lipinski definition) is 7. The van der Waals surface area contributed by atoms with Gasteiger partial charge in [-0.05, 0) is 38.1 Å². The number of nitrogens with two attached hydrogens (primary N) is 1. The zero-order valence-corrected chi connectivity index (χ0v) is 20.6. The second-order valence-electron chi connectivity index (χ2n) is 9.07. The van der Waals surface area contributed by atoms with Crippen molar-refractivity contribution >= 4 is 27.6 Å². The van der Waals surface area contributed by atoms with Crippen LogP contribution in [0.4, 0.5) is 5.69 Å². The molecular weight excluding hydrogens is 470 g/mol. The van der Waals surface area contributed by atoms with Gasteiger partial charge in [-0.15, -0.1) is 4.40 Å². The van der Waals surface area contributed by atoms with Crippen LogP contribution in [-0.4, -0.2) is 46.8 Å². The number of amidine groups is 1. The van der Waals surface area contributed by atoms with Gasteiger partial charge in [0, 0.05) is 30.1 Å². The topological polar surface area (TPSA) is 154 Å². The minimum atomic E-state index is -3.89. The average Bonchev–Trinajstić information content (AvgIpc) is 3.27. The molecule has 1 aromatic carbocycles. The predicted octanol–water partition coefficient (Wildman–Crippen LogP) is 2.35. The highest BCUT2D eigenvalue weighted by atomic mass is 32.2. The third-order valence-electron chi connectivity index (χ3n) is 5.22.